The van der Waals surface area contributed by atoms with Crippen LogP contribution in [0.2, 0.25) is 10.0 Å². The van der Waals surface area contributed by atoms with Gasteiger partial charge in [-0.2, -0.15) is 8.78 Å². The molecular formula is C17H14Cl2F2N6O3. The van der Waals surface area contributed by atoms with Crippen molar-refractivity contribution >= 4 is 46.7 Å². The van der Waals surface area contributed by atoms with E-state index in [1.165, 1.54) is 35.3 Å². The van der Waals surface area contributed by atoms with Crippen LogP contribution in [0.1, 0.15) is 20.7 Å². The fraction of sp³-hybridized carbons (Fsp3) is 0.118. The molecule has 4 N–H and O–H groups in total. The van der Waals surface area contributed by atoms with Gasteiger partial charge in [0.05, 0.1) is 10.6 Å². The fourth-order valence-corrected chi connectivity index (χ4v) is 2.81. The van der Waals surface area contributed by atoms with Crippen LogP contribution in [-0.2, 0) is 0 Å². The number of amides is 2. The maximum atomic E-state index is 12.8. The highest BCUT2D eigenvalue weighted by Crippen LogP contribution is 2.36. The maximum Gasteiger partial charge on any atom is 0.387 e. The van der Waals surface area contributed by atoms with E-state index < -0.39 is 24.2 Å². The van der Waals surface area contributed by atoms with Gasteiger partial charge in [-0.15, -0.1) is 10.6 Å². The molecule has 1 aliphatic rings. The standard InChI is InChI=1S/C17H14Cl2F2N6O3/c1-27-17(24-25-26-27)23-15(29)10-6-7-11(30-16(20)21)13(12(10)19)22-14(28)8-2-4-9(18)5-3-8/h2-7,16,25-26H,1H3,(H,22,28)(H,23,24,29). The Kier molecular flexibility index (Phi) is 6.55. The fourth-order valence-electron chi connectivity index (χ4n) is 2.39. The van der Waals surface area contributed by atoms with E-state index in [4.69, 9.17) is 23.2 Å². The molecule has 158 valence electrons. The summed E-state index contributed by atoms with van der Waals surface area (Å²) in [5, 5.41) is 10.2. The number of benzene rings is 2. The van der Waals surface area contributed by atoms with Crippen molar-refractivity contribution in [3.05, 3.63) is 57.6 Å². The van der Waals surface area contributed by atoms with Crippen molar-refractivity contribution in [2.75, 3.05) is 12.4 Å². The first-order chi connectivity index (χ1) is 14.3. The van der Waals surface area contributed by atoms with Gasteiger partial charge in [0, 0.05) is 17.6 Å². The third-order valence-electron chi connectivity index (χ3n) is 3.83. The van der Waals surface area contributed by atoms with E-state index in [0.29, 0.717) is 5.02 Å². The highest BCUT2D eigenvalue weighted by atomic mass is 35.5. The molecule has 30 heavy (non-hydrogen) atoms. The minimum atomic E-state index is -3.18. The molecule has 0 atom stereocenters. The molecule has 2 amide bonds. The monoisotopic (exact) mass is 458 g/mol. The Labute approximate surface area is 178 Å². The number of hydrogen-bond donors (Lipinski definition) is 4. The molecule has 1 heterocycles. The minimum absolute atomic E-state index is 0.104. The molecular weight excluding hydrogens is 445 g/mol. The average molecular weight is 459 g/mol. The van der Waals surface area contributed by atoms with Crippen molar-refractivity contribution in [3.8, 4) is 5.75 Å². The van der Waals surface area contributed by atoms with Gasteiger partial charge in [0.2, 0.25) is 5.96 Å². The van der Waals surface area contributed by atoms with Crippen LogP contribution >= 0.6 is 23.2 Å². The van der Waals surface area contributed by atoms with Gasteiger partial charge in [-0.3, -0.25) is 19.9 Å². The second-order valence-electron chi connectivity index (χ2n) is 5.81. The number of guanidine groups is 1. The first-order valence-corrected chi connectivity index (χ1v) is 8.99. The number of anilines is 1. The third kappa shape index (κ3) is 4.87. The number of hydrazine groups is 2. The third-order valence-corrected chi connectivity index (χ3v) is 4.48. The molecule has 9 nitrogen and oxygen atoms in total. The summed E-state index contributed by atoms with van der Waals surface area (Å²) < 4.78 is 30.0. The van der Waals surface area contributed by atoms with Crippen molar-refractivity contribution in [1.29, 1.82) is 0 Å². The molecule has 0 aliphatic carbocycles. The smallest absolute Gasteiger partial charge is 0.387 e. The summed E-state index contributed by atoms with van der Waals surface area (Å²) in [5.74, 6) is -1.64. The number of hydrazone groups is 1. The number of nitrogens with one attached hydrogen (secondary N) is 4. The molecule has 2 aromatic carbocycles. The van der Waals surface area contributed by atoms with Crippen molar-refractivity contribution in [3.63, 3.8) is 0 Å². The first-order valence-electron chi connectivity index (χ1n) is 8.24. The number of alkyl halides is 2. The van der Waals surface area contributed by atoms with Crippen molar-refractivity contribution < 1.29 is 23.1 Å². The Bertz CT molecular complexity index is 1000. The Morgan fingerprint density at radius 1 is 1.10 bits per heavy atom. The van der Waals surface area contributed by atoms with Gasteiger partial charge in [-0.25, -0.2) is 5.53 Å². The van der Waals surface area contributed by atoms with Crippen LogP contribution in [0.5, 0.6) is 5.75 Å². The lowest BCUT2D eigenvalue weighted by Crippen LogP contribution is -2.45. The van der Waals surface area contributed by atoms with Gasteiger partial charge in [0.1, 0.15) is 5.69 Å². The number of hydrogen-bond acceptors (Lipinski definition) is 7. The molecule has 0 spiro atoms. The predicted molar refractivity (Wildman–Crippen MR) is 106 cm³/mol. The predicted octanol–water partition coefficient (Wildman–Crippen LogP) is 2.80. The lowest BCUT2D eigenvalue weighted by Gasteiger charge is -2.17. The van der Waals surface area contributed by atoms with E-state index >= 15 is 0 Å². The Morgan fingerprint density at radius 3 is 2.40 bits per heavy atom. The van der Waals surface area contributed by atoms with E-state index in [1.807, 2.05) is 0 Å². The van der Waals surface area contributed by atoms with Crippen molar-refractivity contribution in [2.24, 2.45) is 5.10 Å². The summed E-state index contributed by atoms with van der Waals surface area (Å²) in [6.07, 6.45) is 0. The average Bonchev–Trinajstić information content (AvgIpc) is 3.09. The molecule has 2 aromatic rings. The SMILES string of the molecule is CN1NNN=C1NC(=O)c1ccc(OC(F)F)c(NC(=O)c2ccc(Cl)cc2)c1Cl. The molecule has 1 aliphatic heterocycles. The summed E-state index contributed by atoms with van der Waals surface area (Å²) >= 11 is 12.1. The second-order valence-corrected chi connectivity index (χ2v) is 6.63. The molecule has 3 rings (SSSR count). The maximum absolute atomic E-state index is 12.8. The summed E-state index contributed by atoms with van der Waals surface area (Å²) in [5.41, 5.74) is 4.82. The van der Waals surface area contributed by atoms with Crippen LogP contribution in [0.3, 0.4) is 0 Å². The molecule has 0 radical (unpaired) electrons. The van der Waals surface area contributed by atoms with E-state index in [2.05, 4.69) is 31.5 Å². The van der Waals surface area contributed by atoms with E-state index in [1.54, 1.807) is 7.05 Å². The Morgan fingerprint density at radius 2 is 1.80 bits per heavy atom. The number of rotatable bonds is 5. The van der Waals surface area contributed by atoms with Gasteiger partial charge in [-0.05, 0) is 36.4 Å². The second kappa shape index (κ2) is 9.11. The Hall–Kier alpha value is -3.15. The van der Waals surface area contributed by atoms with Gasteiger partial charge in [-0.1, -0.05) is 23.2 Å². The molecule has 0 aromatic heterocycles. The summed E-state index contributed by atoms with van der Waals surface area (Å²) in [6.45, 7) is -3.18. The molecule has 0 unspecified atom stereocenters. The zero-order valence-electron chi connectivity index (χ0n) is 15.2. The van der Waals surface area contributed by atoms with Gasteiger partial charge in [0.25, 0.3) is 11.8 Å². The van der Waals surface area contributed by atoms with Gasteiger partial charge in [0.15, 0.2) is 5.75 Å². The lowest BCUT2D eigenvalue weighted by atomic mass is 10.1. The number of ether oxygens (including phenoxy) is 1. The minimum Gasteiger partial charge on any atom is -0.433 e. The van der Waals surface area contributed by atoms with Crippen LogP contribution in [0.25, 0.3) is 0 Å². The normalized spacial score (nSPS) is 13.0. The lowest BCUT2D eigenvalue weighted by molar-refractivity contribution is -0.0493. The van der Waals surface area contributed by atoms with Crippen LogP contribution in [0.15, 0.2) is 41.5 Å². The van der Waals surface area contributed by atoms with Crippen LogP contribution in [-0.4, -0.2) is 36.4 Å². The van der Waals surface area contributed by atoms with Crippen LogP contribution in [0, 0.1) is 0 Å². The van der Waals surface area contributed by atoms with E-state index in [-0.39, 0.29) is 27.8 Å². The molecule has 0 saturated heterocycles. The van der Waals surface area contributed by atoms with Gasteiger partial charge < -0.3 is 10.1 Å². The zero-order chi connectivity index (χ0) is 21.8. The number of halogens is 4. The summed E-state index contributed by atoms with van der Waals surface area (Å²) in [7, 11) is 1.58. The largest absolute Gasteiger partial charge is 0.433 e. The number of carbonyl (C=O) groups excluding carboxylic acids is 2. The quantitative estimate of drug-likeness (QED) is 0.548. The molecule has 13 heteroatoms. The van der Waals surface area contributed by atoms with Crippen molar-refractivity contribution in [1.82, 2.24) is 21.4 Å². The van der Waals surface area contributed by atoms with E-state index in [9.17, 15) is 18.4 Å². The first kappa shape index (κ1) is 21.6. The molecule has 0 bridgehead atoms. The molecule has 0 saturated carbocycles. The van der Waals surface area contributed by atoms with Crippen molar-refractivity contribution in [2.45, 2.75) is 6.61 Å². The van der Waals surface area contributed by atoms with Crippen LogP contribution in [0.4, 0.5) is 14.5 Å². The van der Waals surface area contributed by atoms with Crippen LogP contribution < -0.4 is 26.4 Å². The van der Waals surface area contributed by atoms with Gasteiger partial charge >= 0.3 is 6.61 Å². The Balaban J connectivity index is 1.92. The summed E-state index contributed by atoms with van der Waals surface area (Å²) in [6, 6.07) is 8.12. The highest BCUT2D eigenvalue weighted by Gasteiger charge is 2.24. The highest BCUT2D eigenvalue weighted by molar-refractivity contribution is 6.38. The number of nitrogens with zero attached hydrogens (tertiary/aromatic N) is 2. The zero-order valence-corrected chi connectivity index (χ0v) is 16.7. The molecule has 0 fully saturated rings. The van der Waals surface area contributed by atoms with E-state index in [0.717, 1.165) is 6.07 Å². The summed E-state index contributed by atoms with van der Waals surface area (Å²) in [4.78, 5) is 25.1. The topological polar surface area (TPSA) is 107 Å². The number of carbonyl (C=O) groups is 2.